The number of nitrogens with zero attached hydrogens (tertiary/aromatic N) is 4. The van der Waals surface area contributed by atoms with Crippen molar-refractivity contribution in [2.75, 3.05) is 18.5 Å². The average molecular weight is 379 g/mol. The summed E-state index contributed by atoms with van der Waals surface area (Å²) in [5.41, 5.74) is 4.51. The summed E-state index contributed by atoms with van der Waals surface area (Å²) in [4.78, 5) is 22.3. The summed E-state index contributed by atoms with van der Waals surface area (Å²) in [5, 5.41) is 4.49. The Kier molecular flexibility index (Phi) is 4.90. The first-order chi connectivity index (χ1) is 13.5. The first-order valence-electron chi connectivity index (χ1n) is 9.56. The fourth-order valence-corrected chi connectivity index (χ4v) is 3.61. The minimum atomic E-state index is -0.0919. The number of aromatic amines is 1. The normalized spacial score (nSPS) is 12.7. The van der Waals surface area contributed by atoms with Crippen LogP contribution in [0.5, 0.6) is 5.75 Å². The van der Waals surface area contributed by atoms with Crippen LogP contribution in [0.15, 0.2) is 35.1 Å². The minimum Gasteiger partial charge on any atom is -0.487 e. The van der Waals surface area contributed by atoms with Crippen molar-refractivity contribution in [2.45, 2.75) is 39.8 Å². The van der Waals surface area contributed by atoms with Crippen LogP contribution in [0.25, 0.3) is 0 Å². The van der Waals surface area contributed by atoms with Gasteiger partial charge in [0.25, 0.3) is 5.56 Å². The van der Waals surface area contributed by atoms with Crippen molar-refractivity contribution in [1.29, 1.82) is 0 Å². The number of fused-ring (bicyclic) bond motifs is 2. The van der Waals surface area contributed by atoms with Crippen molar-refractivity contribution in [3.63, 3.8) is 0 Å². The Labute approximate surface area is 164 Å². The predicted molar refractivity (Wildman–Crippen MR) is 108 cm³/mol. The van der Waals surface area contributed by atoms with Crippen LogP contribution in [0, 0.1) is 13.8 Å². The molecule has 1 N–H and O–H groups in total. The molecular weight excluding hydrogens is 354 g/mol. The maximum absolute atomic E-state index is 12.7. The largest absolute Gasteiger partial charge is 0.487 e. The smallest absolute Gasteiger partial charge is 0.256 e. The molecule has 28 heavy (non-hydrogen) atoms. The Morgan fingerprint density at radius 2 is 2.11 bits per heavy atom. The van der Waals surface area contributed by atoms with Gasteiger partial charge in [-0.1, -0.05) is 18.2 Å². The molecule has 0 amide bonds. The van der Waals surface area contributed by atoms with Crippen molar-refractivity contribution in [2.24, 2.45) is 0 Å². The van der Waals surface area contributed by atoms with Crippen LogP contribution in [-0.2, 0) is 19.6 Å². The van der Waals surface area contributed by atoms with Crippen LogP contribution in [0.1, 0.15) is 34.6 Å². The number of hydrogen-bond donors (Lipinski definition) is 1. The monoisotopic (exact) mass is 379 g/mol. The summed E-state index contributed by atoms with van der Waals surface area (Å²) in [5.74, 6) is 1.39. The van der Waals surface area contributed by atoms with E-state index in [2.05, 4.69) is 28.1 Å². The topological polar surface area (TPSA) is 76.0 Å². The molecule has 3 heterocycles. The zero-order chi connectivity index (χ0) is 19.7. The number of hydrogen-bond acceptors (Lipinski definition) is 5. The molecule has 0 bridgehead atoms. The molecule has 0 aliphatic carbocycles. The fraction of sp³-hybridized carbons (Fsp3) is 0.381. The molecule has 1 aliphatic heterocycles. The third-order valence-electron chi connectivity index (χ3n) is 5.12. The summed E-state index contributed by atoms with van der Waals surface area (Å²) in [7, 11) is 1.94. The zero-order valence-corrected chi connectivity index (χ0v) is 16.5. The van der Waals surface area contributed by atoms with Crippen molar-refractivity contribution >= 4 is 5.95 Å². The number of ether oxygens (including phenoxy) is 1. The third-order valence-corrected chi connectivity index (χ3v) is 5.12. The van der Waals surface area contributed by atoms with E-state index in [0.717, 1.165) is 42.2 Å². The maximum Gasteiger partial charge on any atom is 0.256 e. The fourth-order valence-electron chi connectivity index (χ4n) is 3.61. The Hall–Kier alpha value is -3.09. The number of anilines is 1. The number of aryl methyl sites for hydroxylation is 3. The van der Waals surface area contributed by atoms with Crippen LogP contribution < -0.4 is 15.2 Å². The molecule has 0 atom stereocenters. The number of para-hydroxylation sites is 1. The van der Waals surface area contributed by atoms with Gasteiger partial charge in [0.2, 0.25) is 5.95 Å². The number of aromatic nitrogens is 4. The van der Waals surface area contributed by atoms with Crippen LogP contribution in [0.3, 0.4) is 0 Å². The standard InChI is InChI=1S/C21H25N5O2/c1-14-11-15(2)26(24-14)10-6-9-25(3)21-22-18-13-28-19-8-5-4-7-16(19)12-17(18)20(27)23-21/h4-5,7-8,11H,6,9-10,12-13H2,1-3H3,(H,22,23,27). The molecule has 0 radical (unpaired) electrons. The SMILES string of the molecule is Cc1cc(C)n(CCCN(C)c2nc3c(c(=O)[nH]2)Cc2ccccc2OC3)n1. The lowest BCUT2D eigenvalue weighted by Gasteiger charge is -2.19. The van der Waals surface area contributed by atoms with Gasteiger partial charge < -0.3 is 9.64 Å². The van der Waals surface area contributed by atoms with Crippen LogP contribution in [-0.4, -0.2) is 33.3 Å². The van der Waals surface area contributed by atoms with Crippen molar-refractivity contribution in [3.8, 4) is 5.75 Å². The molecule has 1 aliphatic rings. The highest BCUT2D eigenvalue weighted by Crippen LogP contribution is 2.26. The summed E-state index contributed by atoms with van der Waals surface area (Å²) >= 11 is 0. The highest BCUT2D eigenvalue weighted by atomic mass is 16.5. The van der Waals surface area contributed by atoms with Gasteiger partial charge in [0.05, 0.1) is 11.4 Å². The highest BCUT2D eigenvalue weighted by Gasteiger charge is 2.19. The van der Waals surface area contributed by atoms with E-state index in [1.807, 2.05) is 47.8 Å². The summed E-state index contributed by atoms with van der Waals surface area (Å²) in [6, 6.07) is 9.89. The first-order valence-corrected chi connectivity index (χ1v) is 9.56. The Morgan fingerprint density at radius 3 is 2.89 bits per heavy atom. The number of nitrogens with one attached hydrogen (secondary N) is 1. The molecule has 0 saturated heterocycles. The first kappa shape index (κ1) is 18.3. The molecule has 0 unspecified atom stereocenters. The lowest BCUT2D eigenvalue weighted by atomic mass is 10.1. The van der Waals surface area contributed by atoms with Crippen molar-refractivity contribution in [1.82, 2.24) is 19.7 Å². The van der Waals surface area contributed by atoms with Crippen LogP contribution in [0.4, 0.5) is 5.95 Å². The highest BCUT2D eigenvalue weighted by molar-refractivity contribution is 5.42. The van der Waals surface area contributed by atoms with Gasteiger partial charge in [-0.3, -0.25) is 14.5 Å². The zero-order valence-electron chi connectivity index (χ0n) is 16.5. The van der Waals surface area contributed by atoms with Gasteiger partial charge in [-0.2, -0.15) is 5.10 Å². The number of benzene rings is 1. The van der Waals surface area contributed by atoms with Crippen molar-refractivity contribution < 1.29 is 4.74 Å². The Balaban J connectivity index is 1.48. The van der Waals surface area contributed by atoms with E-state index in [9.17, 15) is 4.79 Å². The molecule has 0 saturated carbocycles. The quantitative estimate of drug-likeness (QED) is 0.737. The number of H-pyrrole nitrogens is 1. The third kappa shape index (κ3) is 3.65. The van der Waals surface area contributed by atoms with Crippen LogP contribution in [0.2, 0.25) is 0 Å². The molecule has 3 aromatic rings. The van der Waals surface area contributed by atoms with Gasteiger partial charge in [-0.05, 0) is 38.0 Å². The summed E-state index contributed by atoms with van der Waals surface area (Å²) < 4.78 is 7.89. The lowest BCUT2D eigenvalue weighted by molar-refractivity contribution is 0.302. The van der Waals surface area contributed by atoms with Crippen LogP contribution >= 0.6 is 0 Å². The Morgan fingerprint density at radius 1 is 1.29 bits per heavy atom. The molecule has 2 aromatic heterocycles. The molecular formula is C21H25N5O2. The molecule has 0 fully saturated rings. The van der Waals surface area contributed by atoms with Crippen molar-refractivity contribution in [3.05, 3.63) is 68.9 Å². The van der Waals surface area contributed by atoms with E-state index in [4.69, 9.17) is 4.74 Å². The molecule has 7 nitrogen and oxygen atoms in total. The lowest BCUT2D eigenvalue weighted by Crippen LogP contribution is -2.28. The van der Waals surface area contributed by atoms with Gasteiger partial charge in [-0.15, -0.1) is 0 Å². The van der Waals surface area contributed by atoms with Gasteiger partial charge in [0.1, 0.15) is 12.4 Å². The molecule has 146 valence electrons. The summed E-state index contributed by atoms with van der Waals surface area (Å²) in [6.07, 6.45) is 1.44. The van der Waals surface area contributed by atoms with Gasteiger partial charge in [0, 0.05) is 37.8 Å². The second-order valence-electron chi connectivity index (χ2n) is 7.31. The molecule has 4 rings (SSSR count). The van der Waals surface area contributed by atoms with E-state index in [-0.39, 0.29) is 5.56 Å². The maximum atomic E-state index is 12.7. The molecule has 1 aromatic carbocycles. The molecule has 7 heteroatoms. The minimum absolute atomic E-state index is 0.0919. The van der Waals surface area contributed by atoms with Gasteiger partial charge >= 0.3 is 0 Å². The predicted octanol–water partition coefficient (Wildman–Crippen LogP) is 2.59. The average Bonchev–Trinajstić information content (AvgIpc) is 2.88. The van der Waals surface area contributed by atoms with E-state index in [1.165, 1.54) is 0 Å². The molecule has 0 spiro atoms. The van der Waals surface area contributed by atoms with E-state index in [1.54, 1.807) is 0 Å². The number of rotatable bonds is 5. The van der Waals surface area contributed by atoms with E-state index < -0.39 is 0 Å². The Bertz CT molecular complexity index is 1050. The van der Waals surface area contributed by atoms with E-state index in [0.29, 0.717) is 30.2 Å². The van der Waals surface area contributed by atoms with E-state index >= 15 is 0 Å². The van der Waals surface area contributed by atoms with Gasteiger partial charge in [-0.25, -0.2) is 4.98 Å². The summed E-state index contributed by atoms with van der Waals surface area (Å²) in [6.45, 7) is 5.97. The second kappa shape index (κ2) is 7.50. The van der Waals surface area contributed by atoms with Gasteiger partial charge in [0.15, 0.2) is 0 Å². The second-order valence-corrected chi connectivity index (χ2v) is 7.31.